The van der Waals surface area contributed by atoms with E-state index in [-0.39, 0.29) is 29.6 Å². The second-order valence-corrected chi connectivity index (χ2v) is 3.60. The van der Waals surface area contributed by atoms with Crippen molar-refractivity contribution in [2.45, 2.75) is 0 Å². The molecule has 0 aromatic heterocycles. The maximum absolute atomic E-state index is 8.74. The van der Waals surface area contributed by atoms with Gasteiger partial charge in [-0.05, 0) is 0 Å². The van der Waals surface area contributed by atoms with Crippen molar-refractivity contribution in [3.63, 3.8) is 0 Å². The summed E-state index contributed by atoms with van der Waals surface area (Å²) in [5, 5.41) is 2.44. The van der Waals surface area contributed by atoms with Crippen LogP contribution >= 0.6 is 0 Å². The van der Waals surface area contributed by atoms with Crippen LogP contribution in [-0.4, -0.2) is 17.5 Å². The Bertz CT molecular complexity index is 466. The molecule has 6 heteroatoms. The minimum absolute atomic E-state index is 0. The minimum Gasteiger partial charge on any atom is -0.264 e. The molecule has 0 amide bonds. The number of benzene rings is 2. The fourth-order valence-corrected chi connectivity index (χ4v) is 1.06. The molecule has 0 bridgehead atoms. The molecule has 2 aromatic rings. The predicted octanol–water partition coefficient (Wildman–Crippen LogP) is -1.01. The SMILES string of the molecule is O=S(=O)(O)O.[Na+].[c-]1cccc2ccccc12. The van der Waals surface area contributed by atoms with Gasteiger partial charge in [-0.3, -0.25) is 9.11 Å². The first kappa shape index (κ1) is 15.6. The molecule has 0 saturated carbocycles. The van der Waals surface area contributed by atoms with Gasteiger partial charge in [0.05, 0.1) is 0 Å². The summed E-state index contributed by atoms with van der Waals surface area (Å²) in [4.78, 5) is 0. The van der Waals surface area contributed by atoms with E-state index in [4.69, 9.17) is 17.5 Å². The van der Waals surface area contributed by atoms with Gasteiger partial charge in [0.15, 0.2) is 0 Å². The second kappa shape index (κ2) is 7.01. The molecule has 2 rings (SSSR count). The Morgan fingerprint density at radius 1 is 1.00 bits per heavy atom. The fraction of sp³-hybridized carbons (Fsp3) is 0. The van der Waals surface area contributed by atoms with Crippen molar-refractivity contribution in [1.82, 2.24) is 0 Å². The maximum atomic E-state index is 8.74. The molecule has 0 aliphatic heterocycles. The van der Waals surface area contributed by atoms with Crippen molar-refractivity contribution in [3.8, 4) is 0 Å². The van der Waals surface area contributed by atoms with Gasteiger partial charge < -0.3 is 0 Å². The Kier molecular flexibility index (Phi) is 6.82. The Morgan fingerprint density at radius 3 is 2.06 bits per heavy atom. The zero-order valence-corrected chi connectivity index (χ0v) is 11.5. The van der Waals surface area contributed by atoms with Crippen LogP contribution in [0.3, 0.4) is 0 Å². The molecule has 0 aliphatic carbocycles. The molecular formula is C10H9NaO4S. The molecule has 0 aliphatic rings. The summed E-state index contributed by atoms with van der Waals surface area (Å²) in [5.74, 6) is 0. The Balaban J connectivity index is 0.000000330. The van der Waals surface area contributed by atoms with Crippen LogP contribution in [0.1, 0.15) is 0 Å². The van der Waals surface area contributed by atoms with Crippen LogP contribution in [-0.2, 0) is 10.4 Å². The Labute approximate surface area is 116 Å². The van der Waals surface area contributed by atoms with Gasteiger partial charge in [0.25, 0.3) is 0 Å². The van der Waals surface area contributed by atoms with Crippen LogP contribution in [0.5, 0.6) is 0 Å². The van der Waals surface area contributed by atoms with Crippen molar-refractivity contribution in [2.75, 3.05) is 0 Å². The topological polar surface area (TPSA) is 74.6 Å². The number of hydrogen-bond acceptors (Lipinski definition) is 2. The third-order valence-electron chi connectivity index (χ3n) is 1.57. The summed E-state index contributed by atoms with van der Waals surface area (Å²) in [6.07, 6.45) is 0. The number of fused-ring (bicyclic) bond motifs is 1. The van der Waals surface area contributed by atoms with Crippen LogP contribution in [0.25, 0.3) is 10.8 Å². The first-order valence-electron chi connectivity index (χ1n) is 4.02. The van der Waals surface area contributed by atoms with Gasteiger partial charge in [0.1, 0.15) is 0 Å². The van der Waals surface area contributed by atoms with E-state index in [0.29, 0.717) is 0 Å². The molecule has 80 valence electrons. The summed E-state index contributed by atoms with van der Waals surface area (Å²) in [6, 6.07) is 17.4. The van der Waals surface area contributed by atoms with Gasteiger partial charge in [-0.25, -0.2) is 0 Å². The second-order valence-electron chi connectivity index (χ2n) is 2.71. The maximum Gasteiger partial charge on any atom is 1.00 e. The van der Waals surface area contributed by atoms with E-state index in [9.17, 15) is 0 Å². The van der Waals surface area contributed by atoms with Gasteiger partial charge in [-0.15, -0.1) is 47.2 Å². The summed E-state index contributed by atoms with van der Waals surface area (Å²) in [5.41, 5.74) is 0. The van der Waals surface area contributed by atoms with Crippen molar-refractivity contribution in [2.24, 2.45) is 0 Å². The molecule has 0 atom stereocenters. The van der Waals surface area contributed by atoms with Gasteiger partial charge >= 0.3 is 40.0 Å². The van der Waals surface area contributed by atoms with E-state index in [0.717, 1.165) is 0 Å². The molecule has 4 nitrogen and oxygen atoms in total. The van der Waals surface area contributed by atoms with E-state index in [1.807, 2.05) is 24.3 Å². The van der Waals surface area contributed by atoms with E-state index in [2.05, 4.69) is 24.3 Å². The van der Waals surface area contributed by atoms with Crippen LogP contribution in [0.2, 0.25) is 0 Å². The van der Waals surface area contributed by atoms with E-state index in [1.54, 1.807) is 0 Å². The summed E-state index contributed by atoms with van der Waals surface area (Å²) in [7, 11) is -4.67. The predicted molar refractivity (Wildman–Crippen MR) is 57.0 cm³/mol. The third kappa shape index (κ3) is 6.95. The normalized spacial score (nSPS) is 9.88. The average Bonchev–Trinajstić information content (AvgIpc) is 2.16. The van der Waals surface area contributed by atoms with Gasteiger partial charge in [0, 0.05) is 0 Å². The molecule has 0 fully saturated rings. The fourth-order valence-electron chi connectivity index (χ4n) is 1.06. The smallest absolute Gasteiger partial charge is 0.264 e. The van der Waals surface area contributed by atoms with Gasteiger partial charge in [0.2, 0.25) is 0 Å². The van der Waals surface area contributed by atoms with Gasteiger partial charge in [-0.1, -0.05) is 12.1 Å². The molecule has 0 radical (unpaired) electrons. The first-order chi connectivity index (χ1) is 6.97. The molecule has 0 unspecified atom stereocenters. The standard InChI is InChI=1S/C10H7.Na.H2O4S/c1-2-6-10-8-4-3-7-9(10)5-1;;1-5(2,3)4/h1-7H;;(H2,1,2,3,4)/q-1;+1;. The van der Waals surface area contributed by atoms with Crippen LogP contribution < -0.4 is 29.6 Å². The summed E-state index contributed by atoms with van der Waals surface area (Å²) in [6.45, 7) is 0. The Hall–Kier alpha value is -0.430. The van der Waals surface area contributed by atoms with Crippen LogP contribution in [0.4, 0.5) is 0 Å². The monoisotopic (exact) mass is 248 g/mol. The summed E-state index contributed by atoms with van der Waals surface area (Å²) < 4.78 is 31.6. The van der Waals surface area contributed by atoms with Crippen molar-refractivity contribution in [3.05, 3.63) is 48.5 Å². The molecule has 0 heterocycles. The zero-order valence-electron chi connectivity index (χ0n) is 8.66. The average molecular weight is 248 g/mol. The van der Waals surface area contributed by atoms with Crippen molar-refractivity contribution < 1.29 is 47.1 Å². The quantitative estimate of drug-likeness (QED) is 0.356. The molecule has 0 saturated heterocycles. The first-order valence-corrected chi connectivity index (χ1v) is 5.42. The molecule has 16 heavy (non-hydrogen) atoms. The number of rotatable bonds is 0. The molecule has 2 N–H and O–H groups in total. The minimum atomic E-state index is -4.67. The van der Waals surface area contributed by atoms with Crippen LogP contribution in [0.15, 0.2) is 42.5 Å². The van der Waals surface area contributed by atoms with Crippen molar-refractivity contribution in [1.29, 1.82) is 0 Å². The molecule has 2 aromatic carbocycles. The van der Waals surface area contributed by atoms with Crippen molar-refractivity contribution >= 4 is 21.2 Å². The van der Waals surface area contributed by atoms with Gasteiger partial charge in [-0.2, -0.15) is 8.42 Å². The molecule has 0 spiro atoms. The van der Waals surface area contributed by atoms with E-state index < -0.39 is 10.4 Å². The Morgan fingerprint density at radius 2 is 1.50 bits per heavy atom. The molecular weight excluding hydrogens is 239 g/mol. The zero-order chi connectivity index (χ0) is 11.3. The van der Waals surface area contributed by atoms with E-state index >= 15 is 0 Å². The van der Waals surface area contributed by atoms with Crippen LogP contribution in [0, 0.1) is 6.07 Å². The summed E-state index contributed by atoms with van der Waals surface area (Å²) >= 11 is 0. The number of hydrogen-bond donors (Lipinski definition) is 2. The van der Waals surface area contributed by atoms with E-state index in [1.165, 1.54) is 10.8 Å². The largest absolute Gasteiger partial charge is 1.00 e. The third-order valence-corrected chi connectivity index (χ3v) is 1.57.